The molecule has 2 aliphatic rings. The van der Waals surface area contributed by atoms with Gasteiger partial charge in [0.15, 0.2) is 0 Å². The molecule has 0 unspecified atom stereocenters. The number of rotatable bonds is 4. The van der Waals surface area contributed by atoms with E-state index in [1.807, 2.05) is 0 Å². The van der Waals surface area contributed by atoms with Gasteiger partial charge in [-0.25, -0.2) is 9.18 Å². The maximum atomic E-state index is 13.2. The number of methoxy groups -OCH3 is 2. The van der Waals surface area contributed by atoms with Crippen LogP contribution < -0.4 is 20.1 Å². The van der Waals surface area contributed by atoms with Crippen LogP contribution in [0.15, 0.2) is 47.5 Å². The molecule has 2 heterocycles. The summed E-state index contributed by atoms with van der Waals surface area (Å²) in [7, 11) is 3.08. The molecule has 0 radical (unpaired) electrons. The number of carbonyl (C=O) groups is 2. The van der Waals surface area contributed by atoms with Gasteiger partial charge in [-0.2, -0.15) is 0 Å². The van der Waals surface area contributed by atoms with Crippen LogP contribution in [0.5, 0.6) is 11.5 Å². The first-order valence-corrected chi connectivity index (χ1v) is 9.89. The Hall–Kier alpha value is -3.62. The fourth-order valence-electron chi connectivity index (χ4n) is 3.78. The topological polar surface area (TPSA) is 92.3 Å². The average molecular weight is 426 g/mol. The van der Waals surface area contributed by atoms with E-state index in [1.54, 1.807) is 30.2 Å². The summed E-state index contributed by atoms with van der Waals surface area (Å²) in [5.41, 5.74) is 0.665. The summed E-state index contributed by atoms with van der Waals surface area (Å²) in [6.45, 7) is 0.843. The van der Waals surface area contributed by atoms with E-state index >= 15 is 0 Å². The highest BCUT2D eigenvalue weighted by molar-refractivity contribution is 6.46. The van der Waals surface area contributed by atoms with Crippen LogP contribution in [0.25, 0.3) is 0 Å². The third kappa shape index (κ3) is 4.16. The predicted octanol–water partition coefficient (Wildman–Crippen LogP) is 2.79. The first-order chi connectivity index (χ1) is 14.9. The molecule has 2 aliphatic heterocycles. The summed E-state index contributed by atoms with van der Waals surface area (Å²) >= 11 is 0. The molecule has 0 atom stereocenters. The van der Waals surface area contributed by atoms with Gasteiger partial charge >= 0.3 is 6.03 Å². The van der Waals surface area contributed by atoms with Gasteiger partial charge < -0.3 is 25.0 Å². The first-order valence-electron chi connectivity index (χ1n) is 9.89. The predicted molar refractivity (Wildman–Crippen MR) is 113 cm³/mol. The molecular formula is C22H23FN4O4. The number of aliphatic imine (C=N–C) groups is 1. The van der Waals surface area contributed by atoms with Crippen LogP contribution in [0.3, 0.4) is 0 Å². The molecule has 0 saturated carbocycles. The van der Waals surface area contributed by atoms with E-state index in [2.05, 4.69) is 15.6 Å². The van der Waals surface area contributed by atoms with Crippen molar-refractivity contribution in [1.29, 1.82) is 0 Å². The van der Waals surface area contributed by atoms with E-state index in [4.69, 9.17) is 9.47 Å². The Morgan fingerprint density at radius 2 is 1.84 bits per heavy atom. The summed E-state index contributed by atoms with van der Waals surface area (Å²) in [4.78, 5) is 31.5. The molecule has 0 bridgehead atoms. The second-order valence-corrected chi connectivity index (χ2v) is 7.44. The van der Waals surface area contributed by atoms with Crippen molar-refractivity contribution in [2.75, 3.05) is 32.6 Å². The van der Waals surface area contributed by atoms with Gasteiger partial charge in [0.25, 0.3) is 5.91 Å². The highest BCUT2D eigenvalue weighted by Crippen LogP contribution is 2.31. The lowest BCUT2D eigenvalue weighted by Crippen LogP contribution is -2.53. The van der Waals surface area contributed by atoms with Crippen molar-refractivity contribution < 1.29 is 23.5 Å². The monoisotopic (exact) mass is 426 g/mol. The highest BCUT2D eigenvalue weighted by Gasteiger charge is 2.42. The molecule has 0 aromatic heterocycles. The Balaban J connectivity index is 1.42. The zero-order valence-corrected chi connectivity index (χ0v) is 17.3. The number of ether oxygens (including phenoxy) is 2. The van der Waals surface area contributed by atoms with E-state index in [1.165, 1.54) is 31.4 Å². The number of hydrogen-bond acceptors (Lipinski definition) is 5. The van der Waals surface area contributed by atoms with Gasteiger partial charge in [0.1, 0.15) is 28.7 Å². The van der Waals surface area contributed by atoms with E-state index in [0.29, 0.717) is 54.4 Å². The minimum atomic E-state index is -0.741. The van der Waals surface area contributed by atoms with Gasteiger partial charge in [-0.3, -0.25) is 9.79 Å². The number of anilines is 1. The van der Waals surface area contributed by atoms with Crippen LogP contribution in [-0.4, -0.2) is 55.5 Å². The average Bonchev–Trinajstić information content (AvgIpc) is 3.10. The number of likely N-dealkylation sites (tertiary alicyclic amines) is 1. The molecule has 0 aliphatic carbocycles. The zero-order valence-electron chi connectivity index (χ0n) is 17.3. The molecule has 2 aromatic rings. The van der Waals surface area contributed by atoms with Gasteiger partial charge in [-0.15, -0.1) is 0 Å². The number of piperidine rings is 1. The van der Waals surface area contributed by atoms with E-state index in [0.717, 1.165) is 0 Å². The lowest BCUT2D eigenvalue weighted by atomic mass is 9.98. The molecule has 9 heteroatoms. The van der Waals surface area contributed by atoms with Gasteiger partial charge in [0.05, 0.1) is 19.9 Å². The largest absolute Gasteiger partial charge is 0.497 e. The molecule has 31 heavy (non-hydrogen) atoms. The molecule has 1 fully saturated rings. The molecule has 1 saturated heterocycles. The Kier molecular flexibility index (Phi) is 5.50. The Morgan fingerprint density at radius 3 is 2.48 bits per heavy atom. The number of amides is 3. The van der Waals surface area contributed by atoms with Crippen molar-refractivity contribution in [3.8, 4) is 11.5 Å². The minimum absolute atomic E-state index is 0.259. The third-order valence-electron chi connectivity index (χ3n) is 5.53. The number of hydrogen-bond donors (Lipinski definition) is 2. The third-order valence-corrected chi connectivity index (χ3v) is 5.53. The van der Waals surface area contributed by atoms with Crippen LogP contribution in [0.1, 0.15) is 18.4 Å². The van der Waals surface area contributed by atoms with Crippen molar-refractivity contribution in [3.63, 3.8) is 0 Å². The summed E-state index contributed by atoms with van der Waals surface area (Å²) in [6, 6.07) is 10.6. The SMILES string of the molecule is COc1ccc(NC(=O)N2CCC3(CC2)N=C(c2ccc(F)cc2)C(=O)N3)c(OC)c1. The molecule has 8 nitrogen and oxygen atoms in total. The molecule has 1 spiro atoms. The maximum Gasteiger partial charge on any atom is 0.321 e. The molecule has 2 aromatic carbocycles. The fraction of sp³-hybridized carbons (Fsp3) is 0.318. The van der Waals surface area contributed by atoms with Crippen molar-refractivity contribution >= 4 is 23.3 Å². The van der Waals surface area contributed by atoms with E-state index in [9.17, 15) is 14.0 Å². The Labute approximate surface area is 179 Å². The lowest BCUT2D eigenvalue weighted by molar-refractivity contribution is -0.115. The zero-order chi connectivity index (χ0) is 22.0. The summed E-state index contributed by atoms with van der Waals surface area (Å²) < 4.78 is 23.7. The summed E-state index contributed by atoms with van der Waals surface area (Å²) in [5, 5.41) is 5.80. The maximum absolute atomic E-state index is 13.2. The number of nitrogens with one attached hydrogen (secondary N) is 2. The fourth-order valence-corrected chi connectivity index (χ4v) is 3.78. The number of urea groups is 1. The molecular weight excluding hydrogens is 403 g/mol. The first kappa shape index (κ1) is 20.6. The second kappa shape index (κ2) is 8.25. The van der Waals surface area contributed by atoms with Gasteiger partial charge in [-0.05, 0) is 36.4 Å². The molecule has 3 amide bonds. The molecule has 4 rings (SSSR count). The van der Waals surface area contributed by atoms with Crippen molar-refractivity contribution in [3.05, 3.63) is 53.8 Å². The summed E-state index contributed by atoms with van der Waals surface area (Å²) in [5.74, 6) is 0.470. The number of benzene rings is 2. The standard InChI is InChI=1S/C22H23FN4O4/c1-30-16-7-8-17(18(13-16)31-2)24-21(29)27-11-9-22(10-12-27)25-19(20(28)26-22)14-3-5-15(23)6-4-14/h3-8,13H,9-12H2,1-2H3,(H,24,29)(H,26,28). The Bertz CT molecular complexity index is 1030. The summed E-state index contributed by atoms with van der Waals surface area (Å²) in [6.07, 6.45) is 0.965. The van der Waals surface area contributed by atoms with Crippen LogP contribution in [0.4, 0.5) is 14.9 Å². The second-order valence-electron chi connectivity index (χ2n) is 7.44. The normalized spacial score (nSPS) is 17.2. The lowest BCUT2D eigenvalue weighted by Gasteiger charge is -2.37. The van der Waals surface area contributed by atoms with Crippen molar-refractivity contribution in [2.24, 2.45) is 4.99 Å². The van der Waals surface area contributed by atoms with Gasteiger partial charge in [-0.1, -0.05) is 0 Å². The minimum Gasteiger partial charge on any atom is -0.497 e. The number of carbonyl (C=O) groups excluding carboxylic acids is 2. The quantitative estimate of drug-likeness (QED) is 0.787. The number of halogens is 1. The van der Waals surface area contributed by atoms with Crippen LogP contribution >= 0.6 is 0 Å². The van der Waals surface area contributed by atoms with Crippen molar-refractivity contribution in [2.45, 2.75) is 18.5 Å². The van der Waals surface area contributed by atoms with Crippen LogP contribution in [0, 0.1) is 5.82 Å². The smallest absolute Gasteiger partial charge is 0.321 e. The van der Waals surface area contributed by atoms with E-state index < -0.39 is 5.66 Å². The molecule has 2 N–H and O–H groups in total. The van der Waals surface area contributed by atoms with Gasteiger partial charge in [0, 0.05) is 37.6 Å². The van der Waals surface area contributed by atoms with Crippen LogP contribution in [-0.2, 0) is 4.79 Å². The van der Waals surface area contributed by atoms with Gasteiger partial charge in [0.2, 0.25) is 0 Å². The number of nitrogens with zero attached hydrogens (tertiary/aromatic N) is 2. The highest BCUT2D eigenvalue weighted by atomic mass is 19.1. The molecule has 162 valence electrons. The van der Waals surface area contributed by atoms with Crippen molar-refractivity contribution in [1.82, 2.24) is 10.2 Å². The Morgan fingerprint density at radius 1 is 1.13 bits per heavy atom. The van der Waals surface area contributed by atoms with E-state index in [-0.39, 0.29) is 17.8 Å². The van der Waals surface area contributed by atoms with Crippen LogP contribution in [0.2, 0.25) is 0 Å².